The molecule has 0 saturated carbocycles. The van der Waals surface area contributed by atoms with Crippen molar-refractivity contribution in [3.05, 3.63) is 49.1 Å². The zero-order valence-corrected chi connectivity index (χ0v) is 15.9. The van der Waals surface area contributed by atoms with Crippen molar-refractivity contribution in [1.29, 1.82) is 0 Å². The first kappa shape index (κ1) is 15.5. The summed E-state index contributed by atoms with van der Waals surface area (Å²) in [5.41, 5.74) is 1.99. The molecule has 0 saturated heterocycles. The summed E-state index contributed by atoms with van der Waals surface area (Å²) >= 11 is 6.82. The van der Waals surface area contributed by atoms with Gasteiger partial charge in [-0.25, -0.2) is 4.52 Å². The van der Waals surface area contributed by atoms with Crippen LogP contribution in [0.1, 0.15) is 12.6 Å². The Morgan fingerprint density at radius 1 is 1.12 bits per heavy atom. The summed E-state index contributed by atoms with van der Waals surface area (Å²) in [5.74, 6) is -0.274. The number of aryl methyl sites for hydroxylation is 1. The molecule has 0 spiro atoms. The van der Waals surface area contributed by atoms with Crippen molar-refractivity contribution in [3.63, 3.8) is 0 Å². The van der Waals surface area contributed by atoms with Crippen molar-refractivity contribution < 1.29 is 9.53 Å². The van der Waals surface area contributed by atoms with E-state index < -0.39 is 5.97 Å². The van der Waals surface area contributed by atoms with Crippen LogP contribution in [0.4, 0.5) is 0 Å². The molecule has 4 aromatic rings. The summed E-state index contributed by atoms with van der Waals surface area (Å²) in [6, 6.07) is 7.31. The highest BCUT2D eigenvalue weighted by Crippen LogP contribution is 2.36. The molecule has 0 aliphatic heterocycles. The van der Waals surface area contributed by atoms with E-state index in [1.54, 1.807) is 16.6 Å². The van der Waals surface area contributed by atoms with Gasteiger partial charge in [-0.15, -0.1) is 0 Å². The largest absolute Gasteiger partial charge is 0.425 e. The van der Waals surface area contributed by atoms with Gasteiger partial charge in [-0.2, -0.15) is 5.10 Å². The third kappa shape index (κ3) is 2.01. The maximum Gasteiger partial charge on any atom is 0.308 e. The number of fused-ring (bicyclic) bond motifs is 2. The van der Waals surface area contributed by atoms with Crippen LogP contribution in [0.5, 0.6) is 5.75 Å². The van der Waals surface area contributed by atoms with E-state index in [9.17, 15) is 9.59 Å². The molecule has 24 heavy (non-hydrogen) atoms. The second-order valence-corrected chi connectivity index (χ2v) is 7.22. The van der Waals surface area contributed by atoms with Crippen LogP contribution >= 0.6 is 31.9 Å². The zero-order valence-electron chi connectivity index (χ0n) is 12.7. The maximum atomic E-state index is 13.2. The Balaban J connectivity index is 2.36. The Labute approximate surface area is 152 Å². The Morgan fingerprint density at radius 3 is 2.54 bits per heavy atom. The summed E-state index contributed by atoms with van der Waals surface area (Å²) in [7, 11) is 0. The third-order valence-electron chi connectivity index (χ3n) is 3.99. The number of halogens is 2. The Bertz CT molecular complexity index is 1210. The summed E-state index contributed by atoms with van der Waals surface area (Å²) in [4.78, 5) is 24.7. The standard InChI is InChI=1S/C17H10Br2N2O3/c1-7-9-3-4-10(18)13-15(9)21(20-7)12-6-5-11(19)17(24-8(2)22)14(12)16(13)23/h3-6H,1-2H3. The molecule has 7 heteroatoms. The zero-order chi connectivity index (χ0) is 17.2. The molecule has 0 atom stereocenters. The van der Waals surface area contributed by atoms with Crippen LogP contribution in [-0.2, 0) is 4.79 Å². The minimum absolute atomic E-state index is 0.201. The molecule has 0 radical (unpaired) electrons. The van der Waals surface area contributed by atoms with Crippen LogP contribution in [0, 0.1) is 6.92 Å². The number of carbonyl (C=O) groups is 1. The van der Waals surface area contributed by atoms with Crippen molar-refractivity contribution >= 4 is 65.0 Å². The monoisotopic (exact) mass is 448 g/mol. The van der Waals surface area contributed by atoms with E-state index in [-0.39, 0.29) is 11.2 Å². The molecule has 0 N–H and O–H groups in total. The number of hydrogen-bond donors (Lipinski definition) is 0. The predicted octanol–water partition coefficient (Wildman–Crippen LogP) is 4.20. The van der Waals surface area contributed by atoms with E-state index >= 15 is 0 Å². The van der Waals surface area contributed by atoms with Gasteiger partial charge in [0.1, 0.15) is 0 Å². The van der Waals surface area contributed by atoms with Gasteiger partial charge in [-0.3, -0.25) is 9.59 Å². The van der Waals surface area contributed by atoms with Crippen molar-refractivity contribution in [1.82, 2.24) is 9.61 Å². The van der Waals surface area contributed by atoms with Crippen LogP contribution in [0.3, 0.4) is 0 Å². The molecular formula is C17H10Br2N2O3. The lowest BCUT2D eigenvalue weighted by Gasteiger charge is -2.11. The van der Waals surface area contributed by atoms with Gasteiger partial charge in [0, 0.05) is 16.8 Å². The predicted molar refractivity (Wildman–Crippen MR) is 99.1 cm³/mol. The van der Waals surface area contributed by atoms with Gasteiger partial charge in [-0.1, -0.05) is 0 Å². The highest BCUT2D eigenvalue weighted by molar-refractivity contribution is 9.11. The van der Waals surface area contributed by atoms with Crippen LogP contribution in [0.25, 0.3) is 27.2 Å². The maximum absolute atomic E-state index is 13.2. The SMILES string of the molecule is CC(=O)Oc1c(Br)ccc2c1c(=O)c1c(Br)ccc3c(C)nn2c31. The Morgan fingerprint density at radius 2 is 1.83 bits per heavy atom. The lowest BCUT2D eigenvalue weighted by Crippen LogP contribution is -2.12. The number of benzene rings is 2. The summed E-state index contributed by atoms with van der Waals surface area (Å²) in [6.07, 6.45) is 0. The number of hydrogen-bond acceptors (Lipinski definition) is 4. The van der Waals surface area contributed by atoms with E-state index in [2.05, 4.69) is 37.0 Å². The number of ether oxygens (including phenoxy) is 1. The first-order valence-electron chi connectivity index (χ1n) is 7.14. The van der Waals surface area contributed by atoms with Crippen molar-refractivity contribution in [3.8, 4) is 5.75 Å². The van der Waals surface area contributed by atoms with Gasteiger partial charge >= 0.3 is 5.97 Å². The van der Waals surface area contributed by atoms with Crippen LogP contribution < -0.4 is 10.2 Å². The van der Waals surface area contributed by atoms with Gasteiger partial charge in [0.25, 0.3) is 0 Å². The van der Waals surface area contributed by atoms with Crippen molar-refractivity contribution in [2.75, 3.05) is 0 Å². The fraction of sp³-hybridized carbons (Fsp3) is 0.118. The fourth-order valence-electron chi connectivity index (χ4n) is 3.03. The van der Waals surface area contributed by atoms with Gasteiger partial charge in [-0.05, 0) is 63.0 Å². The number of esters is 1. The Hall–Kier alpha value is -1.99. The van der Waals surface area contributed by atoms with Crippen LogP contribution in [0.2, 0.25) is 0 Å². The van der Waals surface area contributed by atoms with E-state index in [0.29, 0.717) is 25.2 Å². The number of aromatic nitrogens is 2. The molecule has 0 aliphatic carbocycles. The quantitative estimate of drug-likeness (QED) is 0.248. The lowest BCUT2D eigenvalue weighted by molar-refractivity contribution is -0.131. The molecule has 2 aromatic heterocycles. The average Bonchev–Trinajstić information content (AvgIpc) is 2.85. The molecule has 0 bridgehead atoms. The summed E-state index contributed by atoms with van der Waals surface area (Å²) < 4.78 is 8.27. The van der Waals surface area contributed by atoms with E-state index in [1.807, 2.05) is 19.1 Å². The number of pyridine rings is 1. The molecule has 0 aliphatic rings. The highest BCUT2D eigenvalue weighted by atomic mass is 79.9. The van der Waals surface area contributed by atoms with Gasteiger partial charge in [0.15, 0.2) is 5.75 Å². The lowest BCUT2D eigenvalue weighted by atomic mass is 10.1. The minimum atomic E-state index is -0.489. The minimum Gasteiger partial charge on any atom is -0.425 e. The molecule has 120 valence electrons. The average molecular weight is 450 g/mol. The first-order chi connectivity index (χ1) is 11.4. The molecule has 0 unspecified atom stereocenters. The number of nitrogens with zero attached hydrogens (tertiary/aromatic N) is 2. The Kier molecular flexibility index (Phi) is 3.40. The fourth-order valence-corrected chi connectivity index (χ4v) is 3.95. The molecule has 0 amide bonds. The highest BCUT2D eigenvalue weighted by Gasteiger charge is 2.22. The first-order valence-corrected chi connectivity index (χ1v) is 8.72. The molecule has 4 rings (SSSR count). The second-order valence-electron chi connectivity index (χ2n) is 5.51. The van der Waals surface area contributed by atoms with Crippen LogP contribution in [-0.4, -0.2) is 15.6 Å². The molecular weight excluding hydrogens is 440 g/mol. The molecule has 2 aromatic carbocycles. The van der Waals surface area contributed by atoms with E-state index in [1.165, 1.54) is 6.92 Å². The van der Waals surface area contributed by atoms with Gasteiger partial charge in [0.2, 0.25) is 5.43 Å². The van der Waals surface area contributed by atoms with E-state index in [0.717, 1.165) is 16.6 Å². The molecule has 5 nitrogen and oxygen atoms in total. The van der Waals surface area contributed by atoms with Crippen molar-refractivity contribution in [2.24, 2.45) is 0 Å². The third-order valence-corrected chi connectivity index (χ3v) is 5.28. The topological polar surface area (TPSA) is 60.7 Å². The number of rotatable bonds is 1. The normalized spacial score (nSPS) is 11.7. The van der Waals surface area contributed by atoms with Gasteiger partial charge < -0.3 is 4.74 Å². The summed E-state index contributed by atoms with van der Waals surface area (Å²) in [5, 5.41) is 6.34. The van der Waals surface area contributed by atoms with E-state index in [4.69, 9.17) is 4.74 Å². The molecule has 0 fully saturated rings. The smallest absolute Gasteiger partial charge is 0.308 e. The van der Waals surface area contributed by atoms with Gasteiger partial charge in [0.05, 0.1) is 32.0 Å². The molecule has 2 heterocycles. The van der Waals surface area contributed by atoms with Crippen LogP contribution in [0.15, 0.2) is 38.0 Å². The summed E-state index contributed by atoms with van der Waals surface area (Å²) in [6.45, 7) is 3.21. The number of carbonyl (C=O) groups excluding carboxylic acids is 1. The van der Waals surface area contributed by atoms with Crippen molar-refractivity contribution in [2.45, 2.75) is 13.8 Å². The second kappa shape index (κ2) is 5.26.